The van der Waals surface area contributed by atoms with Gasteiger partial charge in [-0.3, -0.25) is 14.4 Å². The maximum Gasteiger partial charge on any atom is 0.326 e. The van der Waals surface area contributed by atoms with Gasteiger partial charge < -0.3 is 20.6 Å². The summed E-state index contributed by atoms with van der Waals surface area (Å²) in [6.07, 6.45) is 0. The van der Waals surface area contributed by atoms with Gasteiger partial charge in [-0.15, -0.1) is 0 Å². The number of amides is 3. The van der Waals surface area contributed by atoms with Gasteiger partial charge in [0.25, 0.3) is 5.91 Å². The summed E-state index contributed by atoms with van der Waals surface area (Å²) in [6.45, 7) is 6.35. The predicted molar refractivity (Wildman–Crippen MR) is 95.7 cm³/mol. The number of carboxylic acids is 1. The molecule has 0 radical (unpaired) electrons. The molecule has 1 atom stereocenters. The molecule has 0 aliphatic carbocycles. The summed E-state index contributed by atoms with van der Waals surface area (Å²) in [6, 6.07) is 4.13. The zero-order valence-corrected chi connectivity index (χ0v) is 15.5. The number of carbonyl (C=O) groups excluding carboxylic acids is 3. The van der Waals surface area contributed by atoms with Gasteiger partial charge in [-0.25, -0.2) is 4.79 Å². The quantitative estimate of drug-likeness (QED) is 0.621. The third-order valence-corrected chi connectivity index (χ3v) is 4.04. The van der Waals surface area contributed by atoms with Gasteiger partial charge in [0.05, 0.1) is 6.54 Å². The first-order valence-corrected chi connectivity index (χ1v) is 8.25. The first kappa shape index (κ1) is 21.1. The summed E-state index contributed by atoms with van der Waals surface area (Å²) in [4.78, 5) is 47.8. The van der Waals surface area contributed by atoms with Crippen LogP contribution in [0.1, 0.15) is 35.3 Å². The van der Waals surface area contributed by atoms with Crippen molar-refractivity contribution in [1.82, 2.24) is 15.5 Å². The third-order valence-electron chi connectivity index (χ3n) is 4.04. The molecule has 1 rings (SSSR count). The van der Waals surface area contributed by atoms with Gasteiger partial charge in [-0.2, -0.15) is 0 Å². The number of nitrogens with one attached hydrogen (secondary N) is 2. The number of rotatable bonds is 8. The maximum atomic E-state index is 12.4. The molecule has 8 heteroatoms. The molecule has 0 aliphatic rings. The van der Waals surface area contributed by atoms with Crippen molar-refractivity contribution in [2.24, 2.45) is 0 Å². The molecule has 1 unspecified atom stereocenters. The summed E-state index contributed by atoms with van der Waals surface area (Å²) in [7, 11) is 0. The van der Waals surface area contributed by atoms with E-state index >= 15 is 0 Å². The zero-order chi connectivity index (χ0) is 19.9. The Balaban J connectivity index is 2.72. The fraction of sp³-hybridized carbons (Fsp3) is 0.444. The molecule has 0 saturated carbocycles. The Morgan fingerprint density at radius 2 is 1.77 bits per heavy atom. The molecule has 0 spiro atoms. The first-order valence-electron chi connectivity index (χ1n) is 8.25. The molecule has 0 aromatic heterocycles. The van der Waals surface area contributed by atoms with Crippen molar-refractivity contribution in [3.63, 3.8) is 0 Å². The number of carbonyl (C=O) groups is 4. The summed E-state index contributed by atoms with van der Waals surface area (Å²) < 4.78 is 0. The third kappa shape index (κ3) is 6.19. The molecule has 0 aliphatic heterocycles. The van der Waals surface area contributed by atoms with E-state index in [-0.39, 0.29) is 25.5 Å². The second-order valence-electron chi connectivity index (χ2n) is 6.07. The Morgan fingerprint density at radius 3 is 2.31 bits per heavy atom. The number of nitrogens with zero attached hydrogens (tertiary/aromatic N) is 1. The largest absolute Gasteiger partial charge is 0.480 e. The van der Waals surface area contributed by atoms with E-state index in [9.17, 15) is 19.2 Å². The molecular weight excluding hydrogens is 338 g/mol. The molecule has 0 bridgehead atoms. The zero-order valence-electron chi connectivity index (χ0n) is 15.5. The maximum absolute atomic E-state index is 12.4. The van der Waals surface area contributed by atoms with E-state index in [0.29, 0.717) is 5.56 Å². The van der Waals surface area contributed by atoms with Gasteiger partial charge in [-0.05, 0) is 44.0 Å². The lowest BCUT2D eigenvalue weighted by Gasteiger charge is -2.26. The van der Waals surface area contributed by atoms with Gasteiger partial charge in [-0.1, -0.05) is 6.07 Å². The number of aryl methyl sites for hydroxylation is 2. The standard InChI is InChI=1S/C18H25N3O5/c1-11-5-6-15(9-12(11)2)17(24)20-10-16(23)21(13(3)18(25)26)8-7-19-14(4)22/h5-6,9,13H,7-8,10H2,1-4H3,(H,19,22)(H,20,24)(H,25,26). The van der Waals surface area contributed by atoms with Crippen molar-refractivity contribution < 1.29 is 24.3 Å². The predicted octanol–water partition coefficient (Wildman–Crippen LogP) is 0.471. The fourth-order valence-corrected chi connectivity index (χ4v) is 2.26. The van der Waals surface area contributed by atoms with Crippen molar-refractivity contribution in [3.8, 4) is 0 Å². The van der Waals surface area contributed by atoms with Crippen LogP contribution in [0.2, 0.25) is 0 Å². The van der Waals surface area contributed by atoms with E-state index in [1.54, 1.807) is 12.1 Å². The van der Waals surface area contributed by atoms with Crippen LogP contribution < -0.4 is 10.6 Å². The highest BCUT2D eigenvalue weighted by Crippen LogP contribution is 2.09. The molecule has 142 valence electrons. The van der Waals surface area contributed by atoms with E-state index in [2.05, 4.69) is 10.6 Å². The van der Waals surface area contributed by atoms with Gasteiger partial charge in [0.15, 0.2) is 0 Å². The van der Waals surface area contributed by atoms with E-state index < -0.39 is 23.8 Å². The normalized spacial score (nSPS) is 11.4. The van der Waals surface area contributed by atoms with Crippen LogP contribution >= 0.6 is 0 Å². The molecule has 3 amide bonds. The minimum atomic E-state index is -1.17. The topological polar surface area (TPSA) is 116 Å². The smallest absolute Gasteiger partial charge is 0.326 e. The monoisotopic (exact) mass is 363 g/mol. The van der Waals surface area contributed by atoms with Gasteiger partial charge >= 0.3 is 5.97 Å². The molecule has 0 saturated heterocycles. The van der Waals surface area contributed by atoms with Crippen LogP contribution in [0.3, 0.4) is 0 Å². The average Bonchev–Trinajstić information content (AvgIpc) is 2.57. The SMILES string of the molecule is CC(=O)NCCN(C(=O)CNC(=O)c1ccc(C)c(C)c1)C(C)C(=O)O. The highest BCUT2D eigenvalue weighted by atomic mass is 16.4. The number of hydrogen-bond acceptors (Lipinski definition) is 4. The van der Waals surface area contributed by atoms with Crippen molar-refractivity contribution in [1.29, 1.82) is 0 Å². The Labute approximate surface area is 152 Å². The van der Waals surface area contributed by atoms with E-state index in [0.717, 1.165) is 16.0 Å². The second kappa shape index (κ2) is 9.55. The van der Waals surface area contributed by atoms with Crippen molar-refractivity contribution >= 4 is 23.7 Å². The van der Waals surface area contributed by atoms with Crippen LogP contribution in [-0.4, -0.2) is 59.4 Å². The van der Waals surface area contributed by atoms with Crippen LogP contribution in [0.15, 0.2) is 18.2 Å². The van der Waals surface area contributed by atoms with Gasteiger partial charge in [0, 0.05) is 25.6 Å². The van der Waals surface area contributed by atoms with Crippen molar-refractivity contribution in [3.05, 3.63) is 34.9 Å². The molecule has 1 aromatic rings. The molecule has 0 fully saturated rings. The lowest BCUT2D eigenvalue weighted by molar-refractivity contribution is -0.149. The number of aliphatic carboxylic acids is 1. The second-order valence-corrected chi connectivity index (χ2v) is 6.07. The molecule has 8 nitrogen and oxygen atoms in total. The summed E-state index contributed by atoms with van der Waals surface area (Å²) in [5, 5.41) is 14.2. The first-order chi connectivity index (χ1) is 12.1. The fourth-order valence-electron chi connectivity index (χ4n) is 2.26. The van der Waals surface area contributed by atoms with Crippen molar-refractivity contribution in [2.45, 2.75) is 33.7 Å². The van der Waals surface area contributed by atoms with Gasteiger partial charge in [0.2, 0.25) is 11.8 Å². The van der Waals surface area contributed by atoms with E-state index in [4.69, 9.17) is 5.11 Å². The summed E-state index contributed by atoms with van der Waals surface area (Å²) >= 11 is 0. The van der Waals surface area contributed by atoms with Crippen LogP contribution in [0, 0.1) is 13.8 Å². The number of carboxylic acid groups (broad SMARTS) is 1. The molecule has 26 heavy (non-hydrogen) atoms. The Hall–Kier alpha value is -2.90. The van der Waals surface area contributed by atoms with Crippen LogP contribution in [-0.2, 0) is 14.4 Å². The molecule has 0 heterocycles. The van der Waals surface area contributed by atoms with Crippen LogP contribution in [0.4, 0.5) is 0 Å². The van der Waals surface area contributed by atoms with Crippen LogP contribution in [0.25, 0.3) is 0 Å². The van der Waals surface area contributed by atoms with E-state index in [1.165, 1.54) is 13.8 Å². The Kier molecular flexibility index (Phi) is 7.77. The highest BCUT2D eigenvalue weighted by Gasteiger charge is 2.25. The lowest BCUT2D eigenvalue weighted by Crippen LogP contribution is -2.50. The number of hydrogen-bond donors (Lipinski definition) is 3. The van der Waals surface area contributed by atoms with Crippen LogP contribution in [0.5, 0.6) is 0 Å². The highest BCUT2D eigenvalue weighted by molar-refractivity contribution is 5.97. The Morgan fingerprint density at radius 1 is 1.12 bits per heavy atom. The average molecular weight is 363 g/mol. The minimum Gasteiger partial charge on any atom is -0.480 e. The summed E-state index contributed by atoms with van der Waals surface area (Å²) in [5.74, 6) is -2.39. The molecule has 1 aromatic carbocycles. The molecular formula is C18H25N3O5. The minimum absolute atomic E-state index is 0.0331. The van der Waals surface area contributed by atoms with Crippen molar-refractivity contribution in [2.75, 3.05) is 19.6 Å². The Bertz CT molecular complexity index is 702. The number of benzene rings is 1. The summed E-state index contributed by atoms with van der Waals surface area (Å²) in [5.41, 5.74) is 2.44. The molecule has 3 N–H and O–H groups in total. The van der Waals surface area contributed by atoms with E-state index in [1.807, 2.05) is 19.9 Å². The van der Waals surface area contributed by atoms with Gasteiger partial charge in [0.1, 0.15) is 6.04 Å². The lowest BCUT2D eigenvalue weighted by atomic mass is 10.1.